The fourth-order valence-corrected chi connectivity index (χ4v) is 5.25. The van der Waals surface area contributed by atoms with E-state index in [-0.39, 0.29) is 36.0 Å². The van der Waals surface area contributed by atoms with Crippen LogP contribution in [0.1, 0.15) is 19.5 Å². The fourth-order valence-electron chi connectivity index (χ4n) is 4.10. The molecule has 0 unspecified atom stereocenters. The first-order valence-electron chi connectivity index (χ1n) is 12.6. The number of carbonyl (C=O) groups excluding carboxylic acids is 2. The molecule has 0 bridgehead atoms. The van der Waals surface area contributed by atoms with Crippen molar-refractivity contribution in [2.45, 2.75) is 25.6 Å². The van der Waals surface area contributed by atoms with E-state index < -0.39 is 9.84 Å². The summed E-state index contributed by atoms with van der Waals surface area (Å²) in [5.41, 5.74) is 2.28. The molecule has 1 aliphatic rings. The zero-order chi connectivity index (χ0) is 27.8. The largest absolute Gasteiger partial charge is 0.377 e. The van der Waals surface area contributed by atoms with E-state index in [1.54, 1.807) is 42.5 Å². The number of benzene rings is 2. The second kappa shape index (κ2) is 12.7. The molecule has 0 radical (unpaired) electrons. The number of carbonyl (C=O) groups is 2. The normalized spacial score (nSPS) is 15.4. The molecule has 2 aromatic carbocycles. The van der Waals surface area contributed by atoms with Crippen molar-refractivity contribution in [1.29, 1.82) is 0 Å². The molecule has 206 valence electrons. The number of urea groups is 1. The van der Waals surface area contributed by atoms with Crippen molar-refractivity contribution in [2.24, 2.45) is 0 Å². The average Bonchev–Trinajstić information content (AvgIpc) is 2.89. The summed E-state index contributed by atoms with van der Waals surface area (Å²) in [6, 6.07) is 17.5. The Balaban J connectivity index is 1.55. The third-order valence-corrected chi connectivity index (χ3v) is 7.58. The first kappa shape index (κ1) is 28.0. The topological polar surface area (TPSA) is 143 Å². The third-order valence-electron chi connectivity index (χ3n) is 6.02. The molecule has 4 rings (SSSR count). The maximum atomic E-state index is 12.8. The van der Waals surface area contributed by atoms with Crippen molar-refractivity contribution in [3.8, 4) is 11.4 Å². The number of rotatable bonds is 9. The number of ether oxygens (including phenoxy) is 1. The number of aromatic nitrogens is 2. The number of hydrogen-bond donors (Lipinski definition) is 3. The van der Waals surface area contributed by atoms with E-state index in [0.29, 0.717) is 54.0 Å². The van der Waals surface area contributed by atoms with Gasteiger partial charge in [-0.25, -0.2) is 23.2 Å². The molecule has 1 aromatic heterocycles. The van der Waals surface area contributed by atoms with Gasteiger partial charge in [0.2, 0.25) is 5.91 Å². The molecule has 2 heterocycles. The lowest BCUT2D eigenvalue weighted by Gasteiger charge is -2.34. The zero-order valence-corrected chi connectivity index (χ0v) is 22.7. The molecule has 1 fully saturated rings. The van der Waals surface area contributed by atoms with Crippen LogP contribution < -0.4 is 20.9 Å². The molecule has 0 saturated carbocycles. The molecule has 12 heteroatoms. The van der Waals surface area contributed by atoms with E-state index in [4.69, 9.17) is 9.72 Å². The molecule has 3 N–H and O–H groups in total. The molecular formula is C27H32N6O5S. The van der Waals surface area contributed by atoms with Gasteiger partial charge in [-0.05, 0) is 43.3 Å². The van der Waals surface area contributed by atoms with Crippen LogP contribution in [0.2, 0.25) is 0 Å². The van der Waals surface area contributed by atoms with Crippen molar-refractivity contribution < 1.29 is 22.7 Å². The average molecular weight is 553 g/mol. The molecule has 3 aromatic rings. The zero-order valence-electron chi connectivity index (χ0n) is 21.9. The van der Waals surface area contributed by atoms with E-state index in [1.165, 1.54) is 6.92 Å². The summed E-state index contributed by atoms with van der Waals surface area (Å²) in [4.78, 5) is 34.9. The van der Waals surface area contributed by atoms with E-state index in [2.05, 4.69) is 25.8 Å². The van der Waals surface area contributed by atoms with Crippen molar-refractivity contribution in [1.82, 2.24) is 15.3 Å². The van der Waals surface area contributed by atoms with Gasteiger partial charge in [0.15, 0.2) is 15.7 Å². The van der Waals surface area contributed by atoms with Crippen LogP contribution in [-0.2, 0) is 25.1 Å². The van der Waals surface area contributed by atoms with Crippen LogP contribution >= 0.6 is 0 Å². The van der Waals surface area contributed by atoms with Crippen LogP contribution in [0.4, 0.5) is 22.0 Å². The molecule has 0 spiro atoms. The van der Waals surface area contributed by atoms with Gasteiger partial charge >= 0.3 is 6.03 Å². The number of anilines is 3. The number of nitrogens with zero attached hydrogens (tertiary/aromatic N) is 3. The van der Waals surface area contributed by atoms with Gasteiger partial charge in [0, 0.05) is 43.0 Å². The smallest absolute Gasteiger partial charge is 0.323 e. The third kappa shape index (κ3) is 8.23. The molecule has 11 nitrogen and oxygen atoms in total. The second-order valence-electron chi connectivity index (χ2n) is 9.26. The highest BCUT2D eigenvalue weighted by Crippen LogP contribution is 2.25. The van der Waals surface area contributed by atoms with Gasteiger partial charge in [0.25, 0.3) is 0 Å². The number of morpholine rings is 1. The van der Waals surface area contributed by atoms with Gasteiger partial charge < -0.3 is 25.6 Å². The van der Waals surface area contributed by atoms with Gasteiger partial charge in [-0.1, -0.05) is 18.2 Å². The summed E-state index contributed by atoms with van der Waals surface area (Å²) in [7, 11) is -3.54. The lowest BCUT2D eigenvalue weighted by atomic mass is 10.2. The molecule has 1 saturated heterocycles. The van der Waals surface area contributed by atoms with Crippen LogP contribution in [-0.4, -0.2) is 68.4 Å². The maximum Gasteiger partial charge on any atom is 0.323 e. The predicted octanol–water partition coefficient (Wildman–Crippen LogP) is 3.06. The monoisotopic (exact) mass is 552 g/mol. The summed E-state index contributed by atoms with van der Waals surface area (Å²) in [6.45, 7) is 5.09. The van der Waals surface area contributed by atoms with Gasteiger partial charge in [0.1, 0.15) is 5.82 Å². The standard InChI is InChI=1S/C27H32N6O5S/c1-19-17-38-14-13-33(19)25-16-24(18-39(36,37)15-12-28-20(2)34)29-26(32-25)21-8-10-23(11-9-21)31-27(35)30-22-6-4-3-5-7-22/h3-11,16,19H,12-15,17-18H2,1-2H3,(H,28,34)(H2,30,31,35)/t19-/m0/s1. The van der Waals surface area contributed by atoms with E-state index in [1.807, 2.05) is 25.1 Å². The molecule has 3 amide bonds. The number of amides is 3. The Bertz CT molecular complexity index is 1400. The van der Waals surface area contributed by atoms with Crippen molar-refractivity contribution in [3.05, 3.63) is 66.4 Å². The Morgan fingerprint density at radius 2 is 1.72 bits per heavy atom. The van der Waals surface area contributed by atoms with Crippen LogP contribution in [0.25, 0.3) is 11.4 Å². The molecule has 0 aliphatic carbocycles. The van der Waals surface area contributed by atoms with Crippen molar-refractivity contribution in [3.63, 3.8) is 0 Å². The lowest BCUT2D eigenvalue weighted by molar-refractivity contribution is -0.118. The number of sulfone groups is 1. The van der Waals surface area contributed by atoms with Crippen LogP contribution in [0.5, 0.6) is 0 Å². The number of nitrogens with one attached hydrogen (secondary N) is 3. The summed E-state index contributed by atoms with van der Waals surface area (Å²) in [5, 5.41) is 8.07. The maximum absolute atomic E-state index is 12.8. The van der Waals surface area contributed by atoms with E-state index in [0.717, 1.165) is 0 Å². The Kier molecular flexibility index (Phi) is 9.10. The number of hydrogen-bond acceptors (Lipinski definition) is 8. The fraction of sp³-hybridized carbons (Fsp3) is 0.333. The molecular weight excluding hydrogens is 520 g/mol. The van der Waals surface area contributed by atoms with Crippen LogP contribution in [0.15, 0.2) is 60.7 Å². The van der Waals surface area contributed by atoms with E-state index >= 15 is 0 Å². The Morgan fingerprint density at radius 1 is 1.03 bits per heavy atom. The Labute approximate surface area is 227 Å². The Morgan fingerprint density at radius 3 is 2.38 bits per heavy atom. The molecule has 1 aliphatic heterocycles. The minimum Gasteiger partial charge on any atom is -0.377 e. The van der Waals surface area contributed by atoms with Crippen LogP contribution in [0.3, 0.4) is 0 Å². The summed E-state index contributed by atoms with van der Waals surface area (Å²) in [6.07, 6.45) is 0. The minimum atomic E-state index is -3.54. The van der Waals surface area contributed by atoms with E-state index in [9.17, 15) is 18.0 Å². The second-order valence-corrected chi connectivity index (χ2v) is 11.4. The van der Waals surface area contributed by atoms with Crippen molar-refractivity contribution >= 4 is 39.0 Å². The van der Waals surface area contributed by atoms with Gasteiger partial charge in [-0.3, -0.25) is 4.79 Å². The van der Waals surface area contributed by atoms with Crippen LogP contribution in [0, 0.1) is 0 Å². The summed E-state index contributed by atoms with van der Waals surface area (Å²) < 4.78 is 31.1. The summed E-state index contributed by atoms with van der Waals surface area (Å²) >= 11 is 0. The lowest BCUT2D eigenvalue weighted by Crippen LogP contribution is -2.44. The SMILES string of the molecule is CC(=O)NCCS(=O)(=O)Cc1cc(N2CCOC[C@@H]2C)nc(-c2ccc(NC(=O)Nc3ccccc3)cc2)n1. The number of para-hydroxylation sites is 1. The molecule has 39 heavy (non-hydrogen) atoms. The first-order chi connectivity index (χ1) is 18.7. The highest BCUT2D eigenvalue weighted by Gasteiger charge is 2.23. The summed E-state index contributed by atoms with van der Waals surface area (Å²) in [5.74, 6) is 0.229. The first-order valence-corrected chi connectivity index (χ1v) is 14.4. The van der Waals surface area contributed by atoms with Gasteiger partial charge in [-0.15, -0.1) is 0 Å². The predicted molar refractivity (Wildman–Crippen MR) is 150 cm³/mol. The quantitative estimate of drug-likeness (QED) is 0.368. The Hall–Kier alpha value is -4.03. The molecule has 1 atom stereocenters. The minimum absolute atomic E-state index is 0.0370. The highest BCUT2D eigenvalue weighted by atomic mass is 32.2. The van der Waals surface area contributed by atoms with Crippen molar-refractivity contribution in [2.75, 3.05) is 47.6 Å². The van der Waals surface area contributed by atoms with Gasteiger partial charge in [-0.2, -0.15) is 0 Å². The highest BCUT2D eigenvalue weighted by molar-refractivity contribution is 7.90. The van der Waals surface area contributed by atoms with Gasteiger partial charge in [0.05, 0.1) is 36.5 Å².